The van der Waals surface area contributed by atoms with E-state index in [0.29, 0.717) is 37.7 Å². The Hall–Kier alpha value is -2.39. The second-order valence-corrected chi connectivity index (χ2v) is 10.4. The van der Waals surface area contributed by atoms with Gasteiger partial charge in [0.05, 0.1) is 32.3 Å². The molecule has 4 rings (SSSR count). The third-order valence-electron chi connectivity index (χ3n) is 7.65. The van der Waals surface area contributed by atoms with Crippen LogP contribution in [0.3, 0.4) is 0 Å². The summed E-state index contributed by atoms with van der Waals surface area (Å²) in [5, 5.41) is 0. The van der Waals surface area contributed by atoms with Crippen LogP contribution in [0.15, 0.2) is 35.9 Å². The largest absolute Gasteiger partial charge is 0.493 e. The first-order chi connectivity index (χ1) is 17.8. The van der Waals surface area contributed by atoms with Crippen molar-refractivity contribution in [1.29, 1.82) is 0 Å². The number of hydrogen-bond acceptors (Lipinski definition) is 8. The molecule has 1 spiro atoms. The Morgan fingerprint density at radius 3 is 2.59 bits per heavy atom. The standard InChI is InChI=1S/C29H40O8/c1-19(2)7-11-24-28(3,37-24)27-26(33-6)22(13-14-29(27)18-35-29)36-25(30)12-9-20-8-10-21(23(17-20)32-5)34-16-15-31-4/h7-10,12,17,22,24,26-27H,11,13-16,18H2,1-6H3/b12-9+/t22-,24+,26-,27-,28?,29?/m1/s1. The highest BCUT2D eigenvalue weighted by atomic mass is 16.6. The first kappa shape index (κ1) is 27.6. The number of carbonyl (C=O) groups is 1. The fourth-order valence-electron chi connectivity index (χ4n) is 5.57. The highest BCUT2D eigenvalue weighted by Crippen LogP contribution is 2.59. The molecule has 2 aliphatic heterocycles. The summed E-state index contributed by atoms with van der Waals surface area (Å²) in [6, 6.07) is 5.48. The zero-order valence-electron chi connectivity index (χ0n) is 22.8. The molecule has 1 aliphatic carbocycles. The van der Waals surface area contributed by atoms with Gasteiger partial charge in [-0.2, -0.15) is 0 Å². The molecule has 1 aromatic rings. The van der Waals surface area contributed by atoms with Crippen LogP contribution in [0.5, 0.6) is 11.5 Å². The zero-order valence-corrected chi connectivity index (χ0v) is 22.8. The van der Waals surface area contributed by atoms with Gasteiger partial charge in [-0.3, -0.25) is 0 Å². The van der Waals surface area contributed by atoms with E-state index >= 15 is 0 Å². The number of ether oxygens (including phenoxy) is 7. The van der Waals surface area contributed by atoms with E-state index < -0.39 is 5.97 Å². The molecule has 3 fully saturated rings. The molecular weight excluding hydrogens is 476 g/mol. The predicted octanol–water partition coefficient (Wildman–Crippen LogP) is 4.35. The van der Waals surface area contributed by atoms with Crippen LogP contribution in [-0.2, 0) is 28.5 Å². The van der Waals surface area contributed by atoms with Crippen LogP contribution in [0, 0.1) is 5.92 Å². The van der Waals surface area contributed by atoms with Crippen LogP contribution >= 0.6 is 0 Å². The molecule has 0 amide bonds. The third-order valence-corrected chi connectivity index (χ3v) is 7.65. The van der Waals surface area contributed by atoms with E-state index in [9.17, 15) is 4.79 Å². The number of hydrogen-bond donors (Lipinski definition) is 0. The number of methoxy groups -OCH3 is 3. The Bertz CT molecular complexity index is 1010. The molecule has 0 bridgehead atoms. The number of allylic oxidation sites excluding steroid dienone is 1. The summed E-state index contributed by atoms with van der Waals surface area (Å²) >= 11 is 0. The van der Waals surface area contributed by atoms with Crippen molar-refractivity contribution in [3.8, 4) is 11.5 Å². The van der Waals surface area contributed by atoms with Gasteiger partial charge in [-0.25, -0.2) is 4.79 Å². The first-order valence-corrected chi connectivity index (χ1v) is 12.9. The Morgan fingerprint density at radius 2 is 1.95 bits per heavy atom. The highest BCUT2D eigenvalue weighted by molar-refractivity contribution is 5.87. The fraction of sp³-hybridized carbons (Fsp3) is 0.621. The van der Waals surface area contributed by atoms with Gasteiger partial charge in [-0.15, -0.1) is 0 Å². The lowest BCUT2D eigenvalue weighted by atomic mass is 9.68. The van der Waals surface area contributed by atoms with Crippen LogP contribution in [0.25, 0.3) is 6.08 Å². The lowest BCUT2D eigenvalue weighted by Crippen LogP contribution is -2.55. The monoisotopic (exact) mass is 516 g/mol. The Labute approximate surface area is 219 Å². The molecule has 204 valence electrons. The number of benzene rings is 1. The van der Waals surface area contributed by atoms with Crippen LogP contribution < -0.4 is 9.47 Å². The summed E-state index contributed by atoms with van der Waals surface area (Å²) in [5.41, 5.74) is 1.45. The van der Waals surface area contributed by atoms with Gasteiger partial charge < -0.3 is 33.2 Å². The minimum absolute atomic E-state index is 0.00833. The summed E-state index contributed by atoms with van der Waals surface area (Å²) in [6.45, 7) is 7.91. The lowest BCUT2D eigenvalue weighted by molar-refractivity contribution is -0.166. The van der Waals surface area contributed by atoms with Gasteiger partial charge in [0.25, 0.3) is 0 Å². The average Bonchev–Trinajstić information content (AvgIpc) is 3.80. The van der Waals surface area contributed by atoms with Crippen molar-refractivity contribution in [2.75, 3.05) is 41.2 Å². The second kappa shape index (κ2) is 11.6. The molecule has 8 nitrogen and oxygen atoms in total. The number of rotatable bonds is 12. The summed E-state index contributed by atoms with van der Waals surface area (Å²) in [6.07, 6.45) is 7.13. The molecule has 2 heterocycles. The first-order valence-electron chi connectivity index (χ1n) is 12.9. The maximum absolute atomic E-state index is 12.8. The Balaban J connectivity index is 1.41. The van der Waals surface area contributed by atoms with Crippen molar-refractivity contribution in [1.82, 2.24) is 0 Å². The molecule has 0 N–H and O–H groups in total. The number of carbonyl (C=O) groups excluding carboxylic acids is 1. The van der Waals surface area contributed by atoms with Gasteiger partial charge in [0.2, 0.25) is 0 Å². The smallest absolute Gasteiger partial charge is 0.331 e. The van der Waals surface area contributed by atoms with Gasteiger partial charge in [0.15, 0.2) is 11.5 Å². The summed E-state index contributed by atoms with van der Waals surface area (Å²) < 4.78 is 40.2. The molecule has 0 aromatic heterocycles. The summed E-state index contributed by atoms with van der Waals surface area (Å²) in [7, 11) is 4.88. The molecule has 3 aliphatic rings. The van der Waals surface area contributed by atoms with Gasteiger partial charge in [-0.05, 0) is 63.8 Å². The maximum atomic E-state index is 12.8. The maximum Gasteiger partial charge on any atom is 0.331 e. The molecule has 1 aromatic carbocycles. The van der Waals surface area contributed by atoms with Gasteiger partial charge in [-0.1, -0.05) is 17.7 Å². The summed E-state index contributed by atoms with van der Waals surface area (Å²) in [5.74, 6) is 0.772. The molecular formula is C29H40O8. The second-order valence-electron chi connectivity index (χ2n) is 10.4. The van der Waals surface area contributed by atoms with Crippen molar-refractivity contribution in [2.45, 2.75) is 69.5 Å². The zero-order chi connectivity index (χ0) is 26.6. The third kappa shape index (κ3) is 6.20. The molecule has 6 atom stereocenters. The topological polar surface area (TPSA) is 88.3 Å². The van der Waals surface area contributed by atoms with Crippen molar-refractivity contribution in [3.05, 3.63) is 41.5 Å². The lowest BCUT2D eigenvalue weighted by Gasteiger charge is -2.42. The minimum atomic E-state index is -0.416. The van der Waals surface area contributed by atoms with Crippen LogP contribution in [0.4, 0.5) is 0 Å². The van der Waals surface area contributed by atoms with Gasteiger partial charge >= 0.3 is 5.97 Å². The van der Waals surface area contributed by atoms with Crippen molar-refractivity contribution >= 4 is 12.0 Å². The number of esters is 1. The SMILES string of the molecule is COCCOc1ccc(/C=C/C(=O)O[C@@H]2CCC3(CO3)[C@@H](C3(C)O[C@H]3CC=C(C)C)[C@@H]2OC)cc1OC. The molecule has 2 saturated heterocycles. The van der Waals surface area contributed by atoms with Crippen LogP contribution in [-0.4, -0.2) is 76.6 Å². The van der Waals surface area contributed by atoms with Gasteiger partial charge in [0, 0.05) is 20.3 Å². The van der Waals surface area contributed by atoms with Gasteiger partial charge in [0.1, 0.15) is 30.0 Å². The van der Waals surface area contributed by atoms with E-state index in [-0.39, 0.29) is 35.4 Å². The van der Waals surface area contributed by atoms with Crippen molar-refractivity contribution in [2.24, 2.45) is 5.92 Å². The van der Waals surface area contributed by atoms with Crippen molar-refractivity contribution < 1.29 is 38.0 Å². The average molecular weight is 517 g/mol. The number of epoxide rings is 2. The minimum Gasteiger partial charge on any atom is -0.493 e. The highest BCUT2D eigenvalue weighted by Gasteiger charge is 2.72. The predicted molar refractivity (Wildman–Crippen MR) is 139 cm³/mol. The molecule has 1 saturated carbocycles. The fourth-order valence-corrected chi connectivity index (χ4v) is 5.57. The quantitative estimate of drug-likeness (QED) is 0.133. The van der Waals surface area contributed by atoms with E-state index in [4.69, 9.17) is 33.2 Å². The Kier molecular flexibility index (Phi) is 8.63. The van der Waals surface area contributed by atoms with Crippen molar-refractivity contribution in [3.63, 3.8) is 0 Å². The molecule has 0 radical (unpaired) electrons. The van der Waals surface area contributed by atoms with E-state index in [2.05, 4.69) is 26.8 Å². The Morgan fingerprint density at radius 1 is 1.16 bits per heavy atom. The summed E-state index contributed by atoms with van der Waals surface area (Å²) in [4.78, 5) is 12.8. The molecule has 2 unspecified atom stereocenters. The van der Waals surface area contributed by atoms with E-state index in [0.717, 1.165) is 18.4 Å². The molecule has 37 heavy (non-hydrogen) atoms. The van der Waals surface area contributed by atoms with Crippen LogP contribution in [0.1, 0.15) is 45.6 Å². The van der Waals surface area contributed by atoms with E-state index in [1.165, 1.54) is 11.6 Å². The molecule has 8 heteroatoms. The van der Waals surface area contributed by atoms with E-state index in [1.807, 2.05) is 18.2 Å². The van der Waals surface area contributed by atoms with Crippen LogP contribution in [0.2, 0.25) is 0 Å². The normalized spacial score (nSPS) is 32.3. The van der Waals surface area contributed by atoms with E-state index in [1.54, 1.807) is 27.4 Å².